The largest absolute Gasteiger partial charge is 0.480 e. The lowest BCUT2D eigenvalue weighted by molar-refractivity contribution is -0.150. The highest BCUT2D eigenvalue weighted by Gasteiger charge is 2.45. The maximum atomic E-state index is 12.6. The van der Waals surface area contributed by atoms with Crippen molar-refractivity contribution in [2.24, 2.45) is 0 Å². The zero-order chi connectivity index (χ0) is 16.0. The minimum absolute atomic E-state index is 0.0463. The van der Waals surface area contributed by atoms with E-state index in [-0.39, 0.29) is 18.5 Å². The molecule has 0 aromatic carbocycles. The average Bonchev–Trinajstić information content (AvgIpc) is 2.44. The van der Waals surface area contributed by atoms with Crippen molar-refractivity contribution in [3.63, 3.8) is 0 Å². The monoisotopic (exact) mass is 299 g/mol. The molecule has 1 aliphatic heterocycles. The maximum Gasteiger partial charge on any atom is 0.329 e. The van der Waals surface area contributed by atoms with Crippen molar-refractivity contribution in [3.05, 3.63) is 0 Å². The molecular weight excluding hydrogens is 274 g/mol. The van der Waals surface area contributed by atoms with Crippen molar-refractivity contribution < 1.29 is 19.5 Å². The van der Waals surface area contributed by atoms with E-state index in [1.54, 1.807) is 13.8 Å². The van der Waals surface area contributed by atoms with Gasteiger partial charge in [-0.1, -0.05) is 0 Å². The number of likely N-dealkylation sites (N-methyl/N-ethyl adjacent to an activating group) is 2. The number of urea groups is 1. The second kappa shape index (κ2) is 7.28. The lowest BCUT2D eigenvalue weighted by atomic mass is 9.89. The third-order valence-electron chi connectivity index (χ3n) is 3.94. The van der Waals surface area contributed by atoms with Crippen LogP contribution in [0.5, 0.6) is 0 Å². The number of likely N-dealkylation sites (tertiary alicyclic amines) is 1. The van der Waals surface area contributed by atoms with Crippen LogP contribution in [0.1, 0.15) is 40.0 Å². The fourth-order valence-electron chi connectivity index (χ4n) is 2.56. The van der Waals surface area contributed by atoms with E-state index < -0.39 is 11.5 Å². The molecule has 120 valence electrons. The molecule has 1 atom stereocenters. The highest BCUT2D eigenvalue weighted by Crippen LogP contribution is 2.29. The molecule has 1 fully saturated rings. The Morgan fingerprint density at radius 2 is 1.95 bits per heavy atom. The van der Waals surface area contributed by atoms with Gasteiger partial charge in [-0.25, -0.2) is 9.59 Å². The molecule has 7 heteroatoms. The number of hydrogen-bond donors (Lipinski definition) is 2. The molecule has 1 rings (SSSR count). The smallest absolute Gasteiger partial charge is 0.329 e. The van der Waals surface area contributed by atoms with Gasteiger partial charge in [0.15, 0.2) is 0 Å². The third kappa shape index (κ3) is 3.86. The maximum absolute atomic E-state index is 12.6. The van der Waals surface area contributed by atoms with Crippen molar-refractivity contribution >= 4 is 17.9 Å². The third-order valence-corrected chi connectivity index (χ3v) is 3.94. The van der Waals surface area contributed by atoms with Gasteiger partial charge in [-0.15, -0.1) is 0 Å². The fraction of sp³-hybridized carbons (Fsp3) is 0.786. The lowest BCUT2D eigenvalue weighted by Crippen LogP contribution is -2.61. The summed E-state index contributed by atoms with van der Waals surface area (Å²) in [5.74, 6) is -1.23. The average molecular weight is 299 g/mol. The van der Waals surface area contributed by atoms with Crippen molar-refractivity contribution in [2.75, 3.05) is 26.2 Å². The number of amides is 3. The molecule has 0 aromatic rings. The first-order valence-corrected chi connectivity index (χ1v) is 7.43. The minimum atomic E-state index is -1.19. The van der Waals surface area contributed by atoms with Gasteiger partial charge in [0.25, 0.3) is 0 Å². The number of nitrogens with one attached hydrogen (secondary N) is 1. The standard InChI is InChI=1S/C14H25N3O4/c1-4-15-11(18)10-16(5-2)13(21)17-9-7-6-8-14(17,3)12(19)20/h4-10H2,1-3H3,(H,15,18)(H,19,20). The van der Waals surface area contributed by atoms with Crippen LogP contribution in [0.25, 0.3) is 0 Å². The van der Waals surface area contributed by atoms with Crippen LogP contribution in [0, 0.1) is 0 Å². The van der Waals surface area contributed by atoms with Crippen LogP contribution in [-0.4, -0.2) is 64.5 Å². The molecule has 1 unspecified atom stereocenters. The Kier molecular flexibility index (Phi) is 5.99. The van der Waals surface area contributed by atoms with E-state index in [0.29, 0.717) is 26.1 Å². The van der Waals surface area contributed by atoms with Crippen LogP contribution in [0.3, 0.4) is 0 Å². The first-order valence-electron chi connectivity index (χ1n) is 7.43. The van der Waals surface area contributed by atoms with Gasteiger partial charge in [0.05, 0.1) is 0 Å². The number of piperidine rings is 1. The van der Waals surface area contributed by atoms with E-state index in [0.717, 1.165) is 12.8 Å². The molecule has 0 bridgehead atoms. The normalized spacial score (nSPS) is 21.8. The van der Waals surface area contributed by atoms with Gasteiger partial charge in [-0.3, -0.25) is 4.79 Å². The molecule has 21 heavy (non-hydrogen) atoms. The molecule has 0 aliphatic carbocycles. The molecule has 3 amide bonds. The number of rotatable bonds is 5. The van der Waals surface area contributed by atoms with Crippen LogP contribution < -0.4 is 5.32 Å². The summed E-state index contributed by atoms with van der Waals surface area (Å²) in [6, 6.07) is -0.381. The number of carbonyl (C=O) groups is 3. The Hall–Kier alpha value is -1.79. The molecule has 0 radical (unpaired) electrons. The Morgan fingerprint density at radius 1 is 1.29 bits per heavy atom. The van der Waals surface area contributed by atoms with Crippen LogP contribution in [-0.2, 0) is 9.59 Å². The van der Waals surface area contributed by atoms with E-state index in [4.69, 9.17) is 0 Å². The molecular formula is C14H25N3O4. The minimum Gasteiger partial charge on any atom is -0.480 e. The van der Waals surface area contributed by atoms with Crippen molar-refractivity contribution in [2.45, 2.75) is 45.6 Å². The van der Waals surface area contributed by atoms with Crippen LogP contribution in [0.4, 0.5) is 4.79 Å². The second-order valence-electron chi connectivity index (χ2n) is 5.44. The summed E-state index contributed by atoms with van der Waals surface area (Å²) >= 11 is 0. The van der Waals surface area contributed by atoms with E-state index in [1.807, 2.05) is 6.92 Å². The topological polar surface area (TPSA) is 90.0 Å². The van der Waals surface area contributed by atoms with Gasteiger partial charge in [-0.2, -0.15) is 0 Å². The summed E-state index contributed by atoms with van der Waals surface area (Å²) in [6.07, 6.45) is 2.01. The summed E-state index contributed by atoms with van der Waals surface area (Å²) in [7, 11) is 0. The fourth-order valence-corrected chi connectivity index (χ4v) is 2.56. The SMILES string of the molecule is CCNC(=O)CN(CC)C(=O)N1CCCCC1(C)C(=O)O. The van der Waals surface area contributed by atoms with Gasteiger partial charge < -0.3 is 20.2 Å². The molecule has 1 saturated heterocycles. The van der Waals surface area contributed by atoms with Crippen molar-refractivity contribution in [1.82, 2.24) is 15.1 Å². The van der Waals surface area contributed by atoms with Gasteiger partial charge in [-0.05, 0) is 40.0 Å². The summed E-state index contributed by atoms with van der Waals surface area (Å²) < 4.78 is 0. The first-order chi connectivity index (χ1) is 9.86. The zero-order valence-corrected chi connectivity index (χ0v) is 13.0. The molecule has 7 nitrogen and oxygen atoms in total. The van der Waals surface area contributed by atoms with E-state index >= 15 is 0 Å². The molecule has 1 aliphatic rings. The first kappa shape index (κ1) is 17.3. The Bertz CT molecular complexity index is 413. The lowest BCUT2D eigenvalue weighted by Gasteiger charge is -2.43. The second-order valence-corrected chi connectivity index (χ2v) is 5.44. The summed E-state index contributed by atoms with van der Waals surface area (Å²) in [5.41, 5.74) is -1.19. The molecule has 1 heterocycles. The van der Waals surface area contributed by atoms with Gasteiger partial charge >= 0.3 is 12.0 Å². The number of aliphatic carboxylic acids is 1. The quantitative estimate of drug-likeness (QED) is 0.789. The summed E-state index contributed by atoms with van der Waals surface area (Å²) in [4.78, 5) is 38.6. The highest BCUT2D eigenvalue weighted by atomic mass is 16.4. The zero-order valence-electron chi connectivity index (χ0n) is 13.0. The number of carboxylic acid groups (broad SMARTS) is 1. The van der Waals surface area contributed by atoms with Crippen LogP contribution in [0.2, 0.25) is 0 Å². The molecule has 0 saturated carbocycles. The number of hydrogen-bond acceptors (Lipinski definition) is 3. The van der Waals surface area contributed by atoms with E-state index in [2.05, 4.69) is 5.32 Å². The van der Waals surface area contributed by atoms with Crippen LogP contribution >= 0.6 is 0 Å². The van der Waals surface area contributed by atoms with Crippen molar-refractivity contribution in [1.29, 1.82) is 0 Å². The summed E-state index contributed by atoms with van der Waals surface area (Å²) in [5, 5.41) is 12.1. The Labute approximate surface area is 125 Å². The number of carbonyl (C=O) groups excluding carboxylic acids is 2. The van der Waals surface area contributed by atoms with Crippen LogP contribution in [0.15, 0.2) is 0 Å². The van der Waals surface area contributed by atoms with Gasteiger partial charge in [0.2, 0.25) is 5.91 Å². The molecule has 0 spiro atoms. The number of carboxylic acids is 1. The highest BCUT2D eigenvalue weighted by molar-refractivity contribution is 5.88. The van der Waals surface area contributed by atoms with E-state index in [1.165, 1.54) is 9.80 Å². The van der Waals surface area contributed by atoms with E-state index in [9.17, 15) is 19.5 Å². The number of nitrogens with zero attached hydrogens (tertiary/aromatic N) is 2. The predicted octanol–water partition coefficient (Wildman–Crippen LogP) is 0.894. The Balaban J connectivity index is 2.86. The van der Waals surface area contributed by atoms with Crippen molar-refractivity contribution in [3.8, 4) is 0 Å². The molecule has 0 aromatic heterocycles. The Morgan fingerprint density at radius 3 is 2.48 bits per heavy atom. The van der Waals surface area contributed by atoms with Gasteiger partial charge in [0, 0.05) is 19.6 Å². The summed E-state index contributed by atoms with van der Waals surface area (Å²) in [6.45, 7) is 6.39. The predicted molar refractivity (Wildman–Crippen MR) is 77.9 cm³/mol. The van der Waals surface area contributed by atoms with Gasteiger partial charge in [0.1, 0.15) is 12.1 Å². The molecule has 2 N–H and O–H groups in total.